The largest absolute Gasteiger partial charge is 0.356 e. The lowest BCUT2D eigenvalue weighted by atomic mass is 9.84. The summed E-state index contributed by atoms with van der Waals surface area (Å²) in [7, 11) is 1.62. The highest BCUT2D eigenvalue weighted by molar-refractivity contribution is 14.0. The van der Waals surface area contributed by atoms with Crippen molar-refractivity contribution in [3.63, 3.8) is 0 Å². The third-order valence-electron chi connectivity index (χ3n) is 3.94. The number of nitrogens with zero attached hydrogens (tertiary/aromatic N) is 2. The normalized spacial score (nSPS) is 11.4. The molecule has 0 fully saturated rings. The first-order valence-electron chi connectivity index (χ1n) is 8.42. The van der Waals surface area contributed by atoms with Gasteiger partial charge >= 0.3 is 0 Å². The molecule has 1 heterocycles. The molecule has 0 aliphatic rings. The Kier molecular flexibility index (Phi) is 9.60. The first-order chi connectivity index (χ1) is 12.8. The highest BCUT2D eigenvalue weighted by atomic mass is 127. The van der Waals surface area contributed by atoms with E-state index in [1.54, 1.807) is 37.6 Å². The van der Waals surface area contributed by atoms with E-state index in [1.165, 1.54) is 12.1 Å². The van der Waals surface area contributed by atoms with Gasteiger partial charge in [0, 0.05) is 30.2 Å². The van der Waals surface area contributed by atoms with Crippen LogP contribution in [0.1, 0.15) is 19.4 Å². The standard InChI is InChI=1S/C19H23ClFN5O.HI/c1-19(2,15-7-6-13(21)9-16(15)20)12-25-18(22-3)24-11-17(27)26-14-5-4-8-23-10-14;/h4-10H,11-12H2,1-3H3,(H,26,27)(H2,22,24,25);1H. The van der Waals surface area contributed by atoms with Crippen molar-refractivity contribution < 1.29 is 9.18 Å². The van der Waals surface area contributed by atoms with Crippen LogP contribution in [0.5, 0.6) is 0 Å². The monoisotopic (exact) mass is 519 g/mol. The number of aliphatic imine (C=N–C) groups is 1. The Morgan fingerprint density at radius 3 is 2.64 bits per heavy atom. The predicted octanol–water partition coefficient (Wildman–Crippen LogP) is 3.57. The van der Waals surface area contributed by atoms with Crippen LogP contribution in [0, 0.1) is 5.82 Å². The van der Waals surface area contributed by atoms with E-state index in [9.17, 15) is 9.18 Å². The van der Waals surface area contributed by atoms with Crippen LogP contribution in [-0.4, -0.2) is 37.0 Å². The lowest BCUT2D eigenvalue weighted by Crippen LogP contribution is -2.45. The summed E-state index contributed by atoms with van der Waals surface area (Å²) in [5.41, 5.74) is 1.07. The van der Waals surface area contributed by atoms with E-state index in [2.05, 4.69) is 25.9 Å². The molecule has 1 amide bonds. The van der Waals surface area contributed by atoms with Gasteiger partial charge in [-0.25, -0.2) is 4.39 Å². The van der Waals surface area contributed by atoms with Gasteiger partial charge in [0.2, 0.25) is 5.91 Å². The van der Waals surface area contributed by atoms with Crippen molar-refractivity contribution in [1.82, 2.24) is 15.6 Å². The Morgan fingerprint density at radius 1 is 1.29 bits per heavy atom. The molecule has 3 N–H and O–H groups in total. The highest BCUT2D eigenvalue weighted by Gasteiger charge is 2.24. The maximum absolute atomic E-state index is 13.3. The molecule has 0 bridgehead atoms. The summed E-state index contributed by atoms with van der Waals surface area (Å²) >= 11 is 6.17. The molecule has 0 spiro atoms. The number of carbonyl (C=O) groups excluding carboxylic acids is 1. The average Bonchev–Trinajstić information content (AvgIpc) is 2.62. The van der Waals surface area contributed by atoms with Gasteiger partial charge in [0.1, 0.15) is 5.82 Å². The summed E-state index contributed by atoms with van der Waals surface area (Å²) in [6, 6.07) is 7.86. The molecule has 0 saturated heterocycles. The number of halogens is 3. The summed E-state index contributed by atoms with van der Waals surface area (Å²) in [5, 5.41) is 9.22. The van der Waals surface area contributed by atoms with Crippen LogP contribution >= 0.6 is 35.6 Å². The van der Waals surface area contributed by atoms with Gasteiger partial charge in [0.25, 0.3) is 0 Å². The van der Waals surface area contributed by atoms with Crippen LogP contribution in [0.2, 0.25) is 5.02 Å². The van der Waals surface area contributed by atoms with Crippen molar-refractivity contribution in [3.05, 3.63) is 59.1 Å². The minimum atomic E-state index is -0.375. The topological polar surface area (TPSA) is 78.4 Å². The first kappa shape index (κ1) is 24.1. The number of aromatic nitrogens is 1. The van der Waals surface area contributed by atoms with Gasteiger partial charge in [0.15, 0.2) is 5.96 Å². The Hall–Kier alpha value is -1.94. The number of nitrogens with one attached hydrogen (secondary N) is 3. The molecule has 1 aromatic heterocycles. The van der Waals surface area contributed by atoms with E-state index >= 15 is 0 Å². The van der Waals surface area contributed by atoms with E-state index < -0.39 is 0 Å². The smallest absolute Gasteiger partial charge is 0.243 e. The summed E-state index contributed by atoms with van der Waals surface area (Å²) < 4.78 is 13.3. The first-order valence-corrected chi connectivity index (χ1v) is 8.79. The SMILES string of the molecule is CN=C(NCC(=O)Nc1cccnc1)NCC(C)(C)c1ccc(F)cc1Cl.I. The number of hydrogen-bond donors (Lipinski definition) is 3. The number of hydrogen-bond acceptors (Lipinski definition) is 3. The molecule has 0 aliphatic heterocycles. The number of guanidine groups is 1. The number of carbonyl (C=O) groups is 1. The minimum Gasteiger partial charge on any atom is -0.356 e. The lowest BCUT2D eigenvalue weighted by molar-refractivity contribution is -0.115. The van der Waals surface area contributed by atoms with E-state index in [0.717, 1.165) is 5.56 Å². The van der Waals surface area contributed by atoms with E-state index in [1.807, 2.05) is 13.8 Å². The molecular weight excluding hydrogens is 496 g/mol. The third-order valence-corrected chi connectivity index (χ3v) is 4.26. The van der Waals surface area contributed by atoms with Gasteiger partial charge in [0.05, 0.1) is 18.4 Å². The van der Waals surface area contributed by atoms with Gasteiger partial charge in [-0.15, -0.1) is 24.0 Å². The summed E-state index contributed by atoms with van der Waals surface area (Å²) in [4.78, 5) is 20.0. The third kappa shape index (κ3) is 7.23. The Balaban J connectivity index is 0.00000392. The molecule has 152 valence electrons. The van der Waals surface area contributed by atoms with E-state index in [-0.39, 0.29) is 47.7 Å². The minimum absolute atomic E-state index is 0. The molecule has 0 atom stereocenters. The molecule has 28 heavy (non-hydrogen) atoms. The lowest BCUT2D eigenvalue weighted by Gasteiger charge is -2.27. The van der Waals surface area contributed by atoms with Crippen LogP contribution in [0.4, 0.5) is 10.1 Å². The van der Waals surface area contributed by atoms with Gasteiger partial charge in [-0.2, -0.15) is 0 Å². The van der Waals surface area contributed by atoms with Crippen molar-refractivity contribution >= 4 is 53.1 Å². The molecule has 2 rings (SSSR count). The molecule has 0 aliphatic carbocycles. The second-order valence-electron chi connectivity index (χ2n) is 6.58. The molecular formula is C19H24ClFIN5O. The van der Waals surface area contributed by atoms with Crippen LogP contribution in [-0.2, 0) is 10.2 Å². The fourth-order valence-electron chi connectivity index (χ4n) is 2.46. The van der Waals surface area contributed by atoms with Gasteiger partial charge in [-0.3, -0.25) is 14.8 Å². The van der Waals surface area contributed by atoms with Gasteiger partial charge < -0.3 is 16.0 Å². The maximum Gasteiger partial charge on any atom is 0.243 e. The van der Waals surface area contributed by atoms with Gasteiger partial charge in [-0.1, -0.05) is 31.5 Å². The van der Waals surface area contributed by atoms with Crippen molar-refractivity contribution in [2.24, 2.45) is 4.99 Å². The van der Waals surface area contributed by atoms with Crippen LogP contribution in [0.15, 0.2) is 47.7 Å². The number of amides is 1. The number of pyridine rings is 1. The Labute approximate surface area is 186 Å². The molecule has 6 nitrogen and oxygen atoms in total. The Bertz CT molecular complexity index is 817. The summed E-state index contributed by atoms with van der Waals surface area (Å²) in [6.07, 6.45) is 3.20. The average molecular weight is 520 g/mol. The summed E-state index contributed by atoms with van der Waals surface area (Å²) in [6.45, 7) is 4.51. The number of anilines is 1. The number of benzene rings is 1. The quantitative estimate of drug-likeness (QED) is 0.310. The van der Waals surface area contributed by atoms with Crippen LogP contribution < -0.4 is 16.0 Å². The molecule has 0 radical (unpaired) electrons. The van der Waals surface area contributed by atoms with Crippen molar-refractivity contribution in [2.75, 3.05) is 25.5 Å². The molecule has 1 aromatic carbocycles. The molecule has 9 heteroatoms. The van der Waals surface area contributed by atoms with E-state index in [4.69, 9.17) is 11.6 Å². The molecule has 2 aromatic rings. The highest BCUT2D eigenvalue weighted by Crippen LogP contribution is 2.29. The zero-order valence-electron chi connectivity index (χ0n) is 15.9. The van der Waals surface area contributed by atoms with Crippen LogP contribution in [0.25, 0.3) is 0 Å². The fourth-order valence-corrected chi connectivity index (χ4v) is 2.89. The maximum atomic E-state index is 13.3. The second-order valence-corrected chi connectivity index (χ2v) is 6.98. The van der Waals surface area contributed by atoms with Crippen LogP contribution in [0.3, 0.4) is 0 Å². The fraction of sp³-hybridized carbons (Fsp3) is 0.316. The van der Waals surface area contributed by atoms with Crippen molar-refractivity contribution in [1.29, 1.82) is 0 Å². The molecule has 0 saturated carbocycles. The molecule has 0 unspecified atom stereocenters. The predicted molar refractivity (Wildman–Crippen MR) is 122 cm³/mol. The van der Waals surface area contributed by atoms with Crippen molar-refractivity contribution in [2.45, 2.75) is 19.3 Å². The van der Waals surface area contributed by atoms with Crippen molar-refractivity contribution in [3.8, 4) is 0 Å². The zero-order valence-corrected chi connectivity index (χ0v) is 19.0. The summed E-state index contributed by atoms with van der Waals surface area (Å²) in [5.74, 6) is -0.112. The zero-order chi connectivity index (χ0) is 19.9. The number of rotatable bonds is 6. The van der Waals surface area contributed by atoms with Gasteiger partial charge in [-0.05, 0) is 29.8 Å². The second kappa shape index (κ2) is 11.2. The Morgan fingerprint density at radius 2 is 2.04 bits per heavy atom. The van der Waals surface area contributed by atoms with E-state index in [0.29, 0.717) is 23.2 Å².